The Bertz CT molecular complexity index is 515. The number of alkyl carbamates (subject to hydrolysis) is 1. The number of ether oxygens (including phenoxy) is 2. The van der Waals surface area contributed by atoms with Gasteiger partial charge in [0.2, 0.25) is 0 Å². The lowest BCUT2D eigenvalue weighted by molar-refractivity contribution is -0.141. The number of carbonyl (C=O) groups excluding carboxylic acids is 3. The highest BCUT2D eigenvalue weighted by Crippen LogP contribution is 2.11. The molecule has 122 valence electrons. The standard InChI is InChI=1S/C15H21NO6/c1-15(2,3)22-14(19)16-10(9-13(18)20-4)8-11(17)12-6-5-7-21-12/h5-7,10H,8-9H2,1-4H3,(H,16,19)/t10-/m1/s1. The summed E-state index contributed by atoms with van der Waals surface area (Å²) in [6.45, 7) is 5.15. The fourth-order valence-electron chi connectivity index (χ4n) is 1.69. The van der Waals surface area contributed by atoms with E-state index in [9.17, 15) is 14.4 Å². The summed E-state index contributed by atoms with van der Waals surface area (Å²) < 4.78 is 14.7. The van der Waals surface area contributed by atoms with Gasteiger partial charge < -0.3 is 19.2 Å². The van der Waals surface area contributed by atoms with E-state index < -0.39 is 23.7 Å². The first-order valence-corrected chi connectivity index (χ1v) is 6.84. The zero-order valence-corrected chi connectivity index (χ0v) is 13.2. The Balaban J connectivity index is 2.69. The second-order valence-corrected chi connectivity index (χ2v) is 5.73. The van der Waals surface area contributed by atoms with Gasteiger partial charge in [0.25, 0.3) is 0 Å². The summed E-state index contributed by atoms with van der Waals surface area (Å²) in [5.74, 6) is -0.691. The number of rotatable bonds is 6. The second kappa shape index (κ2) is 7.63. The maximum atomic E-state index is 12.0. The predicted octanol–water partition coefficient (Wildman–Crippen LogP) is 2.31. The molecule has 1 atom stereocenters. The van der Waals surface area contributed by atoms with Crippen molar-refractivity contribution in [3.05, 3.63) is 24.2 Å². The average molecular weight is 311 g/mol. The van der Waals surface area contributed by atoms with Crippen LogP contribution in [-0.2, 0) is 14.3 Å². The molecule has 0 aliphatic carbocycles. The van der Waals surface area contributed by atoms with Crippen molar-refractivity contribution in [2.75, 3.05) is 7.11 Å². The maximum Gasteiger partial charge on any atom is 0.407 e. The first-order valence-electron chi connectivity index (χ1n) is 6.84. The Labute approximate surface area is 129 Å². The fraction of sp³-hybridized carbons (Fsp3) is 0.533. The Kier molecular flexibility index (Phi) is 6.15. The van der Waals surface area contributed by atoms with E-state index in [-0.39, 0.29) is 24.4 Å². The number of methoxy groups -OCH3 is 1. The van der Waals surface area contributed by atoms with E-state index in [1.807, 2.05) is 0 Å². The lowest BCUT2D eigenvalue weighted by atomic mass is 10.1. The zero-order valence-electron chi connectivity index (χ0n) is 13.2. The van der Waals surface area contributed by atoms with Crippen LogP contribution in [0.1, 0.15) is 44.2 Å². The fourth-order valence-corrected chi connectivity index (χ4v) is 1.69. The predicted molar refractivity (Wildman–Crippen MR) is 77.4 cm³/mol. The monoisotopic (exact) mass is 311 g/mol. The highest BCUT2D eigenvalue weighted by atomic mass is 16.6. The van der Waals surface area contributed by atoms with Crippen molar-refractivity contribution in [2.45, 2.75) is 45.3 Å². The molecule has 1 aromatic rings. The number of Topliss-reactive ketones (excluding diaryl/α,β-unsaturated/α-hetero) is 1. The van der Waals surface area contributed by atoms with Crippen LogP contribution < -0.4 is 5.32 Å². The van der Waals surface area contributed by atoms with Crippen molar-refractivity contribution in [1.29, 1.82) is 0 Å². The molecule has 1 rings (SSSR count). The molecule has 1 N–H and O–H groups in total. The quantitative estimate of drug-likeness (QED) is 0.640. The van der Waals surface area contributed by atoms with E-state index in [0.29, 0.717) is 0 Å². The highest BCUT2D eigenvalue weighted by Gasteiger charge is 2.24. The summed E-state index contributed by atoms with van der Waals surface area (Å²) in [7, 11) is 1.24. The molecule has 7 nitrogen and oxygen atoms in total. The Hall–Kier alpha value is -2.31. The molecule has 0 fully saturated rings. The van der Waals surface area contributed by atoms with Gasteiger partial charge >= 0.3 is 12.1 Å². The van der Waals surface area contributed by atoms with Crippen molar-refractivity contribution in [3.8, 4) is 0 Å². The summed E-state index contributed by atoms with van der Waals surface area (Å²) in [5, 5.41) is 2.51. The summed E-state index contributed by atoms with van der Waals surface area (Å²) in [5.41, 5.74) is -0.676. The third-order valence-electron chi connectivity index (χ3n) is 2.59. The van der Waals surface area contributed by atoms with Gasteiger partial charge in [0.1, 0.15) is 5.60 Å². The smallest absolute Gasteiger partial charge is 0.407 e. The second-order valence-electron chi connectivity index (χ2n) is 5.73. The number of carbonyl (C=O) groups is 3. The molecule has 0 bridgehead atoms. The minimum Gasteiger partial charge on any atom is -0.469 e. The normalized spacial score (nSPS) is 12.4. The maximum absolute atomic E-state index is 12.0. The molecule has 0 radical (unpaired) electrons. The van der Waals surface area contributed by atoms with Crippen LogP contribution in [0.25, 0.3) is 0 Å². The van der Waals surface area contributed by atoms with Gasteiger partial charge in [0.05, 0.1) is 25.8 Å². The Morgan fingerprint density at radius 2 is 1.95 bits per heavy atom. The molecule has 0 saturated heterocycles. The van der Waals surface area contributed by atoms with Crippen molar-refractivity contribution in [1.82, 2.24) is 5.32 Å². The van der Waals surface area contributed by atoms with Gasteiger partial charge in [-0.3, -0.25) is 9.59 Å². The number of hydrogen-bond donors (Lipinski definition) is 1. The van der Waals surface area contributed by atoms with Gasteiger partial charge in [0, 0.05) is 6.42 Å². The molecule has 0 unspecified atom stereocenters. The van der Waals surface area contributed by atoms with Crippen LogP contribution in [0.2, 0.25) is 0 Å². The van der Waals surface area contributed by atoms with Crippen molar-refractivity contribution < 1.29 is 28.3 Å². The largest absolute Gasteiger partial charge is 0.469 e. The first-order chi connectivity index (χ1) is 10.2. The number of amides is 1. The number of esters is 1. The molecule has 1 heterocycles. The van der Waals surface area contributed by atoms with Crippen molar-refractivity contribution in [3.63, 3.8) is 0 Å². The van der Waals surface area contributed by atoms with Gasteiger partial charge in [-0.15, -0.1) is 0 Å². The molecule has 0 spiro atoms. The number of hydrogen-bond acceptors (Lipinski definition) is 6. The van der Waals surface area contributed by atoms with Gasteiger partial charge in [-0.25, -0.2) is 4.79 Å². The van der Waals surface area contributed by atoms with Crippen molar-refractivity contribution in [2.24, 2.45) is 0 Å². The van der Waals surface area contributed by atoms with E-state index in [2.05, 4.69) is 10.1 Å². The average Bonchev–Trinajstić information content (AvgIpc) is 2.89. The van der Waals surface area contributed by atoms with Crippen LogP contribution in [0.15, 0.2) is 22.8 Å². The van der Waals surface area contributed by atoms with Crippen LogP contribution in [-0.4, -0.2) is 36.6 Å². The van der Waals surface area contributed by atoms with Gasteiger partial charge in [-0.05, 0) is 32.9 Å². The Morgan fingerprint density at radius 1 is 1.27 bits per heavy atom. The summed E-state index contributed by atoms with van der Waals surface area (Å²) in [4.78, 5) is 35.2. The van der Waals surface area contributed by atoms with Crippen LogP contribution in [0.4, 0.5) is 4.79 Å². The SMILES string of the molecule is COC(=O)C[C@@H](CC(=O)c1ccco1)NC(=O)OC(C)(C)C. The number of nitrogens with one attached hydrogen (secondary N) is 1. The van der Waals surface area contributed by atoms with Gasteiger partial charge in [-0.1, -0.05) is 0 Å². The third kappa shape index (κ3) is 6.43. The van der Waals surface area contributed by atoms with Crippen LogP contribution in [0.5, 0.6) is 0 Å². The topological polar surface area (TPSA) is 94.8 Å². The lowest BCUT2D eigenvalue weighted by Gasteiger charge is -2.22. The van der Waals surface area contributed by atoms with Crippen molar-refractivity contribution >= 4 is 17.8 Å². The molecule has 1 amide bonds. The molecule has 0 aliphatic rings. The van der Waals surface area contributed by atoms with E-state index in [4.69, 9.17) is 9.15 Å². The molecule has 0 aromatic carbocycles. The molecular weight excluding hydrogens is 290 g/mol. The molecule has 22 heavy (non-hydrogen) atoms. The zero-order chi connectivity index (χ0) is 16.8. The minimum atomic E-state index is -0.736. The number of furan rings is 1. The van der Waals surface area contributed by atoms with Crippen LogP contribution >= 0.6 is 0 Å². The molecule has 0 aliphatic heterocycles. The molecule has 7 heteroatoms. The van der Waals surface area contributed by atoms with Gasteiger partial charge in [-0.2, -0.15) is 0 Å². The van der Waals surface area contributed by atoms with E-state index in [0.717, 1.165) is 0 Å². The summed E-state index contributed by atoms with van der Waals surface area (Å²) >= 11 is 0. The van der Waals surface area contributed by atoms with E-state index >= 15 is 0 Å². The Morgan fingerprint density at radius 3 is 2.45 bits per heavy atom. The minimum absolute atomic E-state index is 0.0954. The van der Waals surface area contributed by atoms with Gasteiger partial charge in [0.15, 0.2) is 11.5 Å². The van der Waals surface area contributed by atoms with E-state index in [1.54, 1.807) is 26.8 Å². The summed E-state index contributed by atoms with van der Waals surface area (Å²) in [6, 6.07) is 2.37. The molecular formula is C15H21NO6. The molecule has 1 aromatic heterocycles. The third-order valence-corrected chi connectivity index (χ3v) is 2.59. The number of ketones is 1. The van der Waals surface area contributed by atoms with Crippen LogP contribution in [0.3, 0.4) is 0 Å². The first kappa shape index (κ1) is 17.7. The van der Waals surface area contributed by atoms with Crippen LogP contribution in [0, 0.1) is 0 Å². The highest BCUT2D eigenvalue weighted by molar-refractivity contribution is 5.94. The lowest BCUT2D eigenvalue weighted by Crippen LogP contribution is -2.41. The molecule has 0 saturated carbocycles. The summed E-state index contributed by atoms with van der Waals surface area (Å²) in [6.07, 6.45) is 0.446. The van der Waals surface area contributed by atoms with E-state index in [1.165, 1.54) is 19.4 Å².